The summed E-state index contributed by atoms with van der Waals surface area (Å²) in [6.45, 7) is 7.36. The molecule has 0 spiro atoms. The Bertz CT molecular complexity index is 912. The van der Waals surface area contributed by atoms with E-state index in [2.05, 4.69) is 5.32 Å². The zero-order valence-electron chi connectivity index (χ0n) is 16.7. The van der Waals surface area contributed by atoms with E-state index in [4.69, 9.17) is 13.9 Å². The summed E-state index contributed by atoms with van der Waals surface area (Å²) in [5.74, 6) is 0.928. The highest BCUT2D eigenvalue weighted by Crippen LogP contribution is 2.27. The maximum absolute atomic E-state index is 12.6. The number of amides is 1. The molecular formula is C23H27NO4. The Labute approximate surface area is 165 Å². The highest BCUT2D eigenvalue weighted by molar-refractivity contribution is 5.99. The van der Waals surface area contributed by atoms with Crippen molar-refractivity contribution in [3.63, 3.8) is 0 Å². The highest BCUT2D eigenvalue weighted by Gasteiger charge is 2.20. The molecule has 0 aliphatic rings. The molecule has 1 N–H and O–H groups in total. The van der Waals surface area contributed by atoms with Crippen molar-refractivity contribution < 1.29 is 18.7 Å². The molecule has 1 amide bonds. The van der Waals surface area contributed by atoms with Crippen LogP contribution >= 0.6 is 0 Å². The van der Waals surface area contributed by atoms with E-state index >= 15 is 0 Å². The molecule has 1 heterocycles. The minimum atomic E-state index is -0.228. The quantitative estimate of drug-likeness (QED) is 0.538. The van der Waals surface area contributed by atoms with Crippen molar-refractivity contribution in [2.24, 2.45) is 0 Å². The first kappa shape index (κ1) is 20.0. The molecule has 2 aromatic carbocycles. The molecule has 5 heteroatoms. The number of ether oxygens (including phenoxy) is 2. The lowest BCUT2D eigenvalue weighted by molar-refractivity contribution is 0.0643. The number of furan rings is 1. The predicted molar refractivity (Wildman–Crippen MR) is 110 cm³/mol. The number of carbonyl (C=O) groups excluding carboxylic acids is 1. The van der Waals surface area contributed by atoms with Gasteiger partial charge in [0.2, 0.25) is 0 Å². The normalized spacial score (nSPS) is 11.1. The van der Waals surface area contributed by atoms with Crippen LogP contribution in [0.25, 0.3) is 11.0 Å². The number of benzene rings is 2. The van der Waals surface area contributed by atoms with Gasteiger partial charge in [-0.3, -0.25) is 4.79 Å². The molecule has 0 saturated carbocycles. The Balaban J connectivity index is 1.56. The Morgan fingerprint density at radius 1 is 1.11 bits per heavy atom. The molecule has 0 atom stereocenters. The van der Waals surface area contributed by atoms with Gasteiger partial charge >= 0.3 is 0 Å². The summed E-state index contributed by atoms with van der Waals surface area (Å²) in [5.41, 5.74) is 2.68. The summed E-state index contributed by atoms with van der Waals surface area (Å²) >= 11 is 0. The standard InChI is InChI=1S/C23H27NO4/c1-16(2)27-15-20-19-7-4-5-8-21(19)28-22(20)23(25)24-13-6-14-26-18-11-9-17(3)10-12-18/h4-5,7-12,16H,6,13-15H2,1-3H3,(H,24,25). The zero-order valence-corrected chi connectivity index (χ0v) is 16.7. The number of para-hydroxylation sites is 1. The molecule has 0 unspecified atom stereocenters. The van der Waals surface area contributed by atoms with E-state index in [0.29, 0.717) is 37.5 Å². The third-order valence-electron chi connectivity index (χ3n) is 4.36. The van der Waals surface area contributed by atoms with Crippen molar-refractivity contribution in [3.05, 3.63) is 65.4 Å². The van der Waals surface area contributed by atoms with Gasteiger partial charge in [0.25, 0.3) is 5.91 Å². The molecule has 3 aromatic rings. The van der Waals surface area contributed by atoms with Crippen LogP contribution in [-0.2, 0) is 11.3 Å². The minimum absolute atomic E-state index is 0.0727. The first-order valence-electron chi connectivity index (χ1n) is 9.64. The molecule has 3 rings (SSSR count). The van der Waals surface area contributed by atoms with E-state index in [-0.39, 0.29) is 12.0 Å². The monoisotopic (exact) mass is 381 g/mol. The minimum Gasteiger partial charge on any atom is -0.494 e. The van der Waals surface area contributed by atoms with Crippen molar-refractivity contribution in [2.45, 2.75) is 39.9 Å². The molecule has 0 saturated heterocycles. The third-order valence-corrected chi connectivity index (χ3v) is 4.36. The fourth-order valence-corrected chi connectivity index (χ4v) is 2.85. The van der Waals surface area contributed by atoms with Crippen LogP contribution in [0, 0.1) is 6.92 Å². The lowest BCUT2D eigenvalue weighted by atomic mass is 10.1. The summed E-state index contributed by atoms with van der Waals surface area (Å²) in [5, 5.41) is 3.83. The molecule has 5 nitrogen and oxygen atoms in total. The average Bonchev–Trinajstić information content (AvgIpc) is 3.06. The molecule has 1 aromatic heterocycles. The van der Waals surface area contributed by atoms with E-state index in [9.17, 15) is 4.79 Å². The lowest BCUT2D eigenvalue weighted by Crippen LogP contribution is -2.26. The van der Waals surface area contributed by atoms with Gasteiger partial charge in [-0.1, -0.05) is 35.9 Å². The Kier molecular flexibility index (Phi) is 6.71. The molecule has 0 fully saturated rings. The maximum atomic E-state index is 12.6. The number of fused-ring (bicyclic) bond motifs is 1. The van der Waals surface area contributed by atoms with Crippen LogP contribution < -0.4 is 10.1 Å². The van der Waals surface area contributed by atoms with Crippen molar-refractivity contribution in [1.82, 2.24) is 5.32 Å². The number of rotatable bonds is 9. The molecule has 0 radical (unpaired) electrons. The molecule has 148 valence electrons. The van der Waals surface area contributed by atoms with Gasteiger partial charge in [0.1, 0.15) is 11.3 Å². The molecular weight excluding hydrogens is 354 g/mol. The largest absolute Gasteiger partial charge is 0.494 e. The van der Waals surface area contributed by atoms with Crippen LogP contribution in [0.4, 0.5) is 0 Å². The number of hydrogen-bond acceptors (Lipinski definition) is 4. The van der Waals surface area contributed by atoms with Crippen LogP contribution in [-0.4, -0.2) is 25.2 Å². The van der Waals surface area contributed by atoms with Crippen molar-refractivity contribution in [2.75, 3.05) is 13.2 Å². The van der Waals surface area contributed by atoms with E-state index in [0.717, 1.165) is 16.7 Å². The summed E-state index contributed by atoms with van der Waals surface area (Å²) in [6.07, 6.45) is 0.779. The fraction of sp³-hybridized carbons (Fsp3) is 0.348. The second kappa shape index (κ2) is 9.42. The van der Waals surface area contributed by atoms with Gasteiger partial charge in [0.15, 0.2) is 5.76 Å². The summed E-state index contributed by atoms with van der Waals surface area (Å²) in [7, 11) is 0. The SMILES string of the molecule is Cc1ccc(OCCCNC(=O)c2oc3ccccc3c2COC(C)C)cc1. The van der Waals surface area contributed by atoms with Gasteiger partial charge in [-0.2, -0.15) is 0 Å². The molecule has 0 aliphatic heterocycles. The van der Waals surface area contributed by atoms with Crippen LogP contribution in [0.3, 0.4) is 0 Å². The van der Waals surface area contributed by atoms with E-state index < -0.39 is 0 Å². The Morgan fingerprint density at radius 2 is 1.86 bits per heavy atom. The Morgan fingerprint density at radius 3 is 2.61 bits per heavy atom. The lowest BCUT2D eigenvalue weighted by Gasteiger charge is -2.09. The van der Waals surface area contributed by atoms with Gasteiger partial charge in [-0.15, -0.1) is 0 Å². The van der Waals surface area contributed by atoms with Crippen LogP contribution in [0.1, 0.15) is 41.9 Å². The van der Waals surface area contributed by atoms with Gasteiger partial charge in [0, 0.05) is 17.5 Å². The van der Waals surface area contributed by atoms with Crippen molar-refractivity contribution in [1.29, 1.82) is 0 Å². The second-order valence-corrected chi connectivity index (χ2v) is 7.04. The predicted octanol–water partition coefficient (Wildman–Crippen LogP) is 4.87. The second-order valence-electron chi connectivity index (χ2n) is 7.04. The van der Waals surface area contributed by atoms with Crippen molar-refractivity contribution in [3.8, 4) is 5.75 Å². The van der Waals surface area contributed by atoms with Gasteiger partial charge in [-0.05, 0) is 45.4 Å². The number of carbonyl (C=O) groups is 1. The molecule has 0 aliphatic carbocycles. The first-order valence-corrected chi connectivity index (χ1v) is 9.64. The summed E-state index contributed by atoms with van der Waals surface area (Å²) < 4.78 is 17.2. The van der Waals surface area contributed by atoms with E-state index in [1.54, 1.807) is 0 Å². The zero-order chi connectivity index (χ0) is 19.9. The van der Waals surface area contributed by atoms with Crippen LogP contribution in [0.2, 0.25) is 0 Å². The summed E-state index contributed by atoms with van der Waals surface area (Å²) in [4.78, 5) is 12.6. The van der Waals surface area contributed by atoms with Gasteiger partial charge < -0.3 is 19.2 Å². The van der Waals surface area contributed by atoms with Crippen molar-refractivity contribution >= 4 is 16.9 Å². The molecule has 0 bridgehead atoms. The van der Waals surface area contributed by atoms with Gasteiger partial charge in [-0.25, -0.2) is 0 Å². The van der Waals surface area contributed by atoms with E-state index in [1.807, 2.05) is 69.3 Å². The highest BCUT2D eigenvalue weighted by atomic mass is 16.5. The topological polar surface area (TPSA) is 60.7 Å². The number of hydrogen-bond donors (Lipinski definition) is 1. The van der Waals surface area contributed by atoms with Crippen LogP contribution in [0.15, 0.2) is 52.9 Å². The fourth-order valence-electron chi connectivity index (χ4n) is 2.85. The average molecular weight is 381 g/mol. The number of nitrogens with one attached hydrogen (secondary N) is 1. The third kappa shape index (κ3) is 5.14. The Hall–Kier alpha value is -2.79. The maximum Gasteiger partial charge on any atom is 0.287 e. The van der Waals surface area contributed by atoms with Gasteiger partial charge in [0.05, 0.1) is 19.3 Å². The molecule has 28 heavy (non-hydrogen) atoms. The first-order chi connectivity index (χ1) is 13.5. The van der Waals surface area contributed by atoms with E-state index in [1.165, 1.54) is 5.56 Å². The van der Waals surface area contributed by atoms with Crippen LogP contribution in [0.5, 0.6) is 5.75 Å². The summed E-state index contributed by atoms with van der Waals surface area (Å²) in [6, 6.07) is 15.6. The smallest absolute Gasteiger partial charge is 0.287 e. The number of aryl methyl sites for hydroxylation is 1.